The monoisotopic (exact) mass is 469 g/mol. The van der Waals surface area contributed by atoms with Crippen LogP contribution in [-0.2, 0) is 10.0 Å². The Balaban J connectivity index is 1.17. The maximum absolute atomic E-state index is 13.3. The van der Waals surface area contributed by atoms with Crippen molar-refractivity contribution in [3.8, 4) is 0 Å². The highest BCUT2D eigenvalue weighted by Gasteiger charge is 2.44. The lowest BCUT2D eigenvalue weighted by Crippen LogP contribution is -2.56. The molecule has 0 aromatic carbocycles. The van der Waals surface area contributed by atoms with E-state index in [1.165, 1.54) is 38.8 Å². The van der Waals surface area contributed by atoms with Crippen molar-refractivity contribution in [1.29, 1.82) is 0 Å². The molecule has 4 heterocycles. The van der Waals surface area contributed by atoms with E-state index >= 15 is 0 Å². The van der Waals surface area contributed by atoms with E-state index in [1.54, 1.807) is 0 Å². The fraction of sp³-hybridized carbons (Fsp3) is 1.00. The third-order valence-corrected chi connectivity index (χ3v) is 10.7. The van der Waals surface area contributed by atoms with E-state index < -0.39 is 15.3 Å². The number of nitrogens with one attached hydrogen (secondary N) is 4. The molecule has 0 aromatic heterocycles. The van der Waals surface area contributed by atoms with Crippen LogP contribution in [0.1, 0.15) is 51.9 Å². The first kappa shape index (κ1) is 23.4. The molecule has 5 fully saturated rings. The molecule has 4 N–H and O–H groups in total. The van der Waals surface area contributed by atoms with E-state index in [-0.39, 0.29) is 18.2 Å². The van der Waals surface area contributed by atoms with Gasteiger partial charge in [0.1, 0.15) is 5.25 Å². The Labute approximate surface area is 194 Å². The van der Waals surface area contributed by atoms with Gasteiger partial charge in [-0.3, -0.25) is 10.9 Å². The molecule has 0 radical (unpaired) electrons. The molecule has 9 nitrogen and oxygen atoms in total. The van der Waals surface area contributed by atoms with Crippen molar-refractivity contribution in [2.75, 3.05) is 46.3 Å². The molecule has 0 amide bonds. The fourth-order valence-corrected chi connectivity index (χ4v) is 8.46. The van der Waals surface area contributed by atoms with Crippen LogP contribution in [0.3, 0.4) is 0 Å². The summed E-state index contributed by atoms with van der Waals surface area (Å²) >= 11 is 0. The van der Waals surface area contributed by atoms with Gasteiger partial charge in [-0.1, -0.05) is 6.42 Å². The Hall–Kier alpha value is -0.330. The van der Waals surface area contributed by atoms with E-state index in [1.807, 2.05) is 7.05 Å². The van der Waals surface area contributed by atoms with E-state index in [0.29, 0.717) is 31.0 Å². The predicted molar refractivity (Wildman–Crippen MR) is 126 cm³/mol. The van der Waals surface area contributed by atoms with Crippen molar-refractivity contribution in [1.82, 2.24) is 35.8 Å². The van der Waals surface area contributed by atoms with Crippen LogP contribution in [0.4, 0.5) is 0 Å². The molecule has 4 saturated heterocycles. The molecule has 0 aromatic rings. The summed E-state index contributed by atoms with van der Waals surface area (Å²) in [5.41, 5.74) is 6.82. The summed E-state index contributed by atoms with van der Waals surface area (Å²) < 4.78 is 29.8. The van der Waals surface area contributed by atoms with Crippen LogP contribution in [0.15, 0.2) is 0 Å². The average Bonchev–Trinajstić information content (AvgIpc) is 3.55. The highest BCUT2D eigenvalue weighted by atomic mass is 32.2. The number of likely N-dealkylation sites (N-methyl/N-ethyl adjacent to an activating group) is 1. The van der Waals surface area contributed by atoms with Gasteiger partial charge in [0.15, 0.2) is 0 Å². The standard InChI is InChI=1S/C22H43N7O2S/c1-16(28-10-3-4-11-28)17-8-9-23-21(12-17)29-15-19(14-25-29)32(30,31)26-20-7-5-6-18-13-24-27(2)22(18)20/h16-26H,3-15H2,1-2H3/t16-,17?,18?,19?,20?,21?,22?/m1/s1. The van der Waals surface area contributed by atoms with E-state index in [9.17, 15) is 8.42 Å². The Bertz CT molecular complexity index is 745. The summed E-state index contributed by atoms with van der Waals surface area (Å²) in [6.07, 6.45) is 8.36. The molecule has 1 aliphatic carbocycles. The second-order valence-electron chi connectivity index (χ2n) is 10.8. The van der Waals surface area contributed by atoms with E-state index in [0.717, 1.165) is 32.4 Å². The quantitative estimate of drug-likeness (QED) is 0.429. The van der Waals surface area contributed by atoms with Crippen LogP contribution in [0.25, 0.3) is 0 Å². The molecular formula is C22H43N7O2S. The van der Waals surface area contributed by atoms with Crippen molar-refractivity contribution < 1.29 is 8.42 Å². The minimum absolute atomic E-state index is 0.00583. The lowest BCUT2D eigenvalue weighted by molar-refractivity contribution is 0.0644. The number of nitrogens with zero attached hydrogens (tertiary/aromatic N) is 3. The predicted octanol–water partition coefficient (Wildman–Crippen LogP) is -0.108. The first-order valence-electron chi connectivity index (χ1n) is 12.9. The molecule has 1 saturated carbocycles. The zero-order chi connectivity index (χ0) is 22.3. The summed E-state index contributed by atoms with van der Waals surface area (Å²) in [6, 6.07) is 0.880. The smallest absolute Gasteiger partial charge is 0.217 e. The minimum Gasteiger partial charge on any atom is -0.301 e. The van der Waals surface area contributed by atoms with Gasteiger partial charge >= 0.3 is 0 Å². The number of rotatable bonds is 6. The maximum Gasteiger partial charge on any atom is 0.217 e. The summed E-state index contributed by atoms with van der Waals surface area (Å²) in [7, 11) is -1.33. The third-order valence-electron chi connectivity index (χ3n) is 8.91. The molecule has 184 valence electrons. The Morgan fingerprint density at radius 2 is 1.84 bits per heavy atom. The number of likely N-dealkylation sites (tertiary alicyclic amines) is 1. The van der Waals surface area contributed by atoms with Crippen LogP contribution in [0, 0.1) is 11.8 Å². The van der Waals surface area contributed by atoms with Crippen LogP contribution < -0.4 is 20.9 Å². The summed E-state index contributed by atoms with van der Waals surface area (Å²) in [5.74, 6) is 1.21. The molecule has 10 heteroatoms. The Morgan fingerprint density at radius 1 is 1.03 bits per heavy atom. The first-order chi connectivity index (χ1) is 15.4. The van der Waals surface area contributed by atoms with Crippen molar-refractivity contribution >= 4 is 10.0 Å². The van der Waals surface area contributed by atoms with Crippen molar-refractivity contribution in [3.05, 3.63) is 0 Å². The van der Waals surface area contributed by atoms with Gasteiger partial charge in [-0.05, 0) is 76.9 Å². The summed E-state index contributed by atoms with van der Waals surface area (Å²) in [5, 5.41) is 7.53. The highest BCUT2D eigenvalue weighted by molar-refractivity contribution is 7.90. The molecule has 6 unspecified atom stereocenters. The highest BCUT2D eigenvalue weighted by Crippen LogP contribution is 2.32. The number of hydrogen-bond acceptors (Lipinski definition) is 8. The summed E-state index contributed by atoms with van der Waals surface area (Å²) in [4.78, 5) is 2.65. The second-order valence-corrected chi connectivity index (χ2v) is 12.8. The maximum atomic E-state index is 13.3. The molecule has 7 atom stereocenters. The molecule has 4 aliphatic heterocycles. The van der Waals surface area contributed by atoms with Gasteiger partial charge in [-0.15, -0.1) is 0 Å². The lowest BCUT2D eigenvalue weighted by atomic mass is 9.82. The normalized spacial score (nSPS) is 41.2. The molecule has 32 heavy (non-hydrogen) atoms. The van der Waals surface area contributed by atoms with Gasteiger partial charge in [-0.2, -0.15) is 0 Å². The molecule has 5 aliphatic rings. The number of fused-ring (bicyclic) bond motifs is 1. The average molecular weight is 470 g/mol. The topological polar surface area (TPSA) is 92.0 Å². The molecule has 5 rings (SSSR count). The lowest BCUT2D eigenvalue weighted by Gasteiger charge is -2.40. The van der Waals surface area contributed by atoms with Crippen molar-refractivity contribution in [2.24, 2.45) is 11.8 Å². The van der Waals surface area contributed by atoms with Gasteiger partial charge in [0.05, 0.1) is 6.17 Å². The fourth-order valence-electron chi connectivity index (χ4n) is 6.94. The molecule has 0 spiro atoms. The van der Waals surface area contributed by atoms with Crippen molar-refractivity contribution in [3.63, 3.8) is 0 Å². The van der Waals surface area contributed by atoms with E-state index in [4.69, 9.17) is 0 Å². The second kappa shape index (κ2) is 9.73. The van der Waals surface area contributed by atoms with Gasteiger partial charge in [0.2, 0.25) is 10.0 Å². The number of hydrazine groups is 2. The van der Waals surface area contributed by atoms with E-state index in [2.05, 4.69) is 42.7 Å². The largest absolute Gasteiger partial charge is 0.301 e. The van der Waals surface area contributed by atoms with Crippen LogP contribution in [0.2, 0.25) is 0 Å². The SMILES string of the molecule is C[C@H](C1CCNC(N2CC(S(=O)(=O)NC3CCCC4CNN(C)C43)CN2)C1)N1CCCC1. The zero-order valence-electron chi connectivity index (χ0n) is 19.8. The Morgan fingerprint density at radius 3 is 2.66 bits per heavy atom. The van der Waals surface area contributed by atoms with Gasteiger partial charge in [0.25, 0.3) is 0 Å². The molecule has 0 bridgehead atoms. The number of hydrogen-bond donors (Lipinski definition) is 4. The number of sulfonamides is 1. The first-order valence-corrected chi connectivity index (χ1v) is 14.4. The summed E-state index contributed by atoms with van der Waals surface area (Å²) in [6.45, 7) is 7.87. The third kappa shape index (κ3) is 4.75. The van der Waals surface area contributed by atoms with Crippen LogP contribution in [0.5, 0.6) is 0 Å². The Kier molecular flexibility index (Phi) is 7.12. The zero-order valence-corrected chi connectivity index (χ0v) is 20.6. The molecular weight excluding hydrogens is 426 g/mol. The minimum atomic E-state index is -3.38. The van der Waals surface area contributed by atoms with Crippen LogP contribution >= 0.6 is 0 Å². The number of piperidine rings is 1. The van der Waals surface area contributed by atoms with Crippen molar-refractivity contribution in [2.45, 2.75) is 81.4 Å². The van der Waals surface area contributed by atoms with Gasteiger partial charge in [-0.25, -0.2) is 23.2 Å². The van der Waals surface area contributed by atoms with Gasteiger partial charge < -0.3 is 10.2 Å². The van der Waals surface area contributed by atoms with Crippen LogP contribution in [-0.4, -0.2) is 99.2 Å². The van der Waals surface area contributed by atoms with Gasteiger partial charge in [0, 0.05) is 44.8 Å².